The normalized spacial score (nSPS) is 14.8. The maximum absolute atomic E-state index is 11.3. The molecule has 0 aromatic rings. The number of carboxylic acids is 1. The van der Waals surface area contributed by atoms with Crippen LogP contribution in [0.2, 0.25) is 0 Å². The van der Waals surface area contributed by atoms with Crippen LogP contribution in [0, 0.1) is 5.92 Å². The Morgan fingerprint density at radius 3 is 1.48 bits per heavy atom. The minimum atomic E-state index is -2.73. The van der Waals surface area contributed by atoms with Gasteiger partial charge in [0.25, 0.3) is 0 Å². The average molecular weight is 574 g/mol. The summed E-state index contributed by atoms with van der Waals surface area (Å²) in [6, 6.07) is 0. The monoisotopic (exact) mass is 570 g/mol. The molecule has 1 N–H and O–H groups in total. The van der Waals surface area contributed by atoms with Crippen molar-refractivity contribution in [2.75, 3.05) is 0 Å². The highest BCUT2D eigenvalue weighted by Gasteiger charge is 2.71. The molecular weight excluding hydrogens is 544 g/mol. The van der Waals surface area contributed by atoms with Crippen LogP contribution in [0.25, 0.3) is 0 Å². The van der Waals surface area contributed by atoms with E-state index in [2.05, 4.69) is 6.92 Å². The highest BCUT2D eigenvalue weighted by atomic mass is 35.6. The van der Waals surface area contributed by atoms with Crippen molar-refractivity contribution >= 4 is 98.8 Å². The molecule has 0 saturated carbocycles. The Morgan fingerprint density at radius 1 is 0.724 bits per heavy atom. The zero-order valence-electron chi connectivity index (χ0n) is 16.7. The van der Waals surface area contributed by atoms with Gasteiger partial charge in [0.15, 0.2) is 13.0 Å². The molecule has 0 aliphatic carbocycles. The molecule has 0 amide bonds. The van der Waals surface area contributed by atoms with Crippen molar-refractivity contribution in [3.63, 3.8) is 0 Å². The topological polar surface area (TPSA) is 37.3 Å². The Labute approximate surface area is 215 Å². The van der Waals surface area contributed by atoms with E-state index in [1.807, 2.05) is 0 Å². The van der Waals surface area contributed by atoms with Gasteiger partial charge in [-0.2, -0.15) is 0 Å². The molecule has 0 radical (unpaired) electrons. The van der Waals surface area contributed by atoms with E-state index in [9.17, 15) is 9.90 Å². The number of carbonyl (C=O) groups is 1. The van der Waals surface area contributed by atoms with Gasteiger partial charge in [0.2, 0.25) is 4.33 Å². The van der Waals surface area contributed by atoms with Crippen molar-refractivity contribution in [2.24, 2.45) is 5.92 Å². The fourth-order valence-electron chi connectivity index (χ4n) is 2.97. The van der Waals surface area contributed by atoms with Crippen LogP contribution in [-0.4, -0.2) is 28.4 Å². The van der Waals surface area contributed by atoms with Crippen molar-refractivity contribution in [3.8, 4) is 0 Å². The summed E-state index contributed by atoms with van der Waals surface area (Å²) >= 11 is 49.2. The molecule has 2 nitrogen and oxygen atoms in total. The quantitative estimate of drug-likeness (QED) is 0.147. The van der Waals surface area contributed by atoms with E-state index >= 15 is 0 Å². The molecule has 0 aliphatic rings. The number of alkyl halides is 8. The Kier molecular flexibility index (Phi) is 14.3. The first-order valence-corrected chi connectivity index (χ1v) is 12.9. The second kappa shape index (κ2) is 13.5. The molecule has 0 aliphatic heterocycles. The fourth-order valence-corrected chi connectivity index (χ4v) is 5.26. The van der Waals surface area contributed by atoms with Gasteiger partial charge in [-0.05, 0) is 12.3 Å². The molecule has 10 heteroatoms. The van der Waals surface area contributed by atoms with Gasteiger partial charge >= 0.3 is 5.97 Å². The van der Waals surface area contributed by atoms with Crippen molar-refractivity contribution in [2.45, 2.75) is 102 Å². The predicted octanol–water partition coefficient (Wildman–Crippen LogP) is 9.71. The van der Waals surface area contributed by atoms with Crippen LogP contribution in [0.1, 0.15) is 84.5 Å². The van der Waals surface area contributed by atoms with Gasteiger partial charge in [0.1, 0.15) is 0 Å². The summed E-state index contributed by atoms with van der Waals surface area (Å²) in [6.07, 6.45) is 12.5. The third-order valence-corrected chi connectivity index (χ3v) is 10.7. The number of unbranched alkanes of at least 4 members (excludes halogenated alkanes) is 9. The van der Waals surface area contributed by atoms with E-state index in [1.165, 1.54) is 44.9 Å². The Bertz CT molecular complexity index is 495. The summed E-state index contributed by atoms with van der Waals surface area (Å²) in [5, 5.41) is 9.21. The standard InChI is InChI=1S/C19H30Cl8O2/c1-3-4-5-6-7-8-9-10-11-12-13-14(2)16(20,21)18(24,25)19(26,27)17(22,23)15(28)29/h14H,3-13H2,1-2H3,(H,28,29). The SMILES string of the molecule is CCCCCCCCCCCCC(C)C(Cl)(Cl)C(Cl)(Cl)C(Cl)(Cl)C(Cl)(Cl)C(=O)O. The lowest BCUT2D eigenvalue weighted by Crippen LogP contribution is -2.62. The summed E-state index contributed by atoms with van der Waals surface area (Å²) < 4.78 is -9.59. The van der Waals surface area contributed by atoms with E-state index in [0.717, 1.165) is 19.3 Å². The van der Waals surface area contributed by atoms with Crippen molar-refractivity contribution < 1.29 is 9.90 Å². The van der Waals surface area contributed by atoms with Crippen LogP contribution < -0.4 is 0 Å². The number of rotatable bonds is 16. The van der Waals surface area contributed by atoms with E-state index < -0.39 is 29.2 Å². The number of carboxylic acid groups (broad SMARTS) is 1. The minimum absolute atomic E-state index is 0.454. The Hall–Kier alpha value is 1.79. The first kappa shape index (κ1) is 30.8. The molecule has 0 aromatic carbocycles. The van der Waals surface area contributed by atoms with Gasteiger partial charge in [-0.25, -0.2) is 4.79 Å². The van der Waals surface area contributed by atoms with Crippen LogP contribution in [0.5, 0.6) is 0 Å². The van der Waals surface area contributed by atoms with Crippen molar-refractivity contribution in [1.29, 1.82) is 0 Å². The Morgan fingerprint density at radius 2 is 1.10 bits per heavy atom. The van der Waals surface area contributed by atoms with Crippen LogP contribution in [0.4, 0.5) is 0 Å². The van der Waals surface area contributed by atoms with Crippen molar-refractivity contribution in [3.05, 3.63) is 0 Å². The number of halogens is 8. The molecule has 0 fully saturated rings. The summed E-state index contributed by atoms with van der Waals surface area (Å²) in [6.45, 7) is 3.95. The van der Waals surface area contributed by atoms with Crippen LogP contribution >= 0.6 is 92.8 Å². The maximum atomic E-state index is 11.3. The van der Waals surface area contributed by atoms with Gasteiger partial charge in [-0.1, -0.05) is 171 Å². The predicted molar refractivity (Wildman–Crippen MR) is 131 cm³/mol. The minimum Gasteiger partial charge on any atom is -0.479 e. The average Bonchev–Trinajstić information content (AvgIpc) is 2.62. The third-order valence-electron chi connectivity index (χ3n) is 5.09. The largest absolute Gasteiger partial charge is 0.479 e. The van der Waals surface area contributed by atoms with E-state index in [0.29, 0.717) is 6.42 Å². The lowest BCUT2D eigenvalue weighted by Gasteiger charge is -2.46. The van der Waals surface area contributed by atoms with Crippen LogP contribution in [0.15, 0.2) is 0 Å². The number of hydrogen-bond acceptors (Lipinski definition) is 1. The molecule has 0 rings (SSSR count). The Balaban J connectivity index is 4.60. The molecule has 1 atom stereocenters. The summed E-state index contributed by atoms with van der Waals surface area (Å²) in [4.78, 5) is 11.3. The maximum Gasteiger partial charge on any atom is 0.343 e. The molecule has 0 heterocycles. The summed E-state index contributed by atoms with van der Waals surface area (Å²) in [5.74, 6) is -2.17. The van der Waals surface area contributed by atoms with Crippen LogP contribution in [0.3, 0.4) is 0 Å². The molecule has 174 valence electrons. The molecule has 0 aromatic heterocycles. The zero-order valence-corrected chi connectivity index (χ0v) is 22.8. The van der Waals surface area contributed by atoms with Gasteiger partial charge < -0.3 is 5.11 Å². The van der Waals surface area contributed by atoms with Gasteiger partial charge in [0.05, 0.1) is 0 Å². The molecule has 29 heavy (non-hydrogen) atoms. The highest BCUT2D eigenvalue weighted by Crippen LogP contribution is 2.63. The fraction of sp³-hybridized carbons (Fsp3) is 0.947. The number of aliphatic carboxylic acids is 1. The second-order valence-corrected chi connectivity index (χ2v) is 12.9. The van der Waals surface area contributed by atoms with Gasteiger partial charge in [-0.3, -0.25) is 0 Å². The molecular formula is C19H30Cl8O2. The van der Waals surface area contributed by atoms with E-state index in [-0.39, 0.29) is 0 Å². The number of hydrogen-bond donors (Lipinski definition) is 1. The first-order chi connectivity index (χ1) is 13.2. The van der Waals surface area contributed by atoms with E-state index in [1.54, 1.807) is 6.92 Å². The van der Waals surface area contributed by atoms with Gasteiger partial charge in [0, 0.05) is 0 Å². The molecule has 0 saturated heterocycles. The summed E-state index contributed by atoms with van der Waals surface area (Å²) in [7, 11) is 0. The lowest BCUT2D eigenvalue weighted by molar-refractivity contribution is -0.138. The molecule has 0 bridgehead atoms. The lowest BCUT2D eigenvalue weighted by atomic mass is 9.93. The zero-order chi connectivity index (χ0) is 22.9. The smallest absolute Gasteiger partial charge is 0.343 e. The molecule has 0 spiro atoms. The summed E-state index contributed by atoms with van der Waals surface area (Å²) in [5.41, 5.74) is 0. The van der Waals surface area contributed by atoms with Gasteiger partial charge in [-0.15, -0.1) is 0 Å². The van der Waals surface area contributed by atoms with Crippen LogP contribution in [-0.2, 0) is 4.79 Å². The van der Waals surface area contributed by atoms with Crippen molar-refractivity contribution in [1.82, 2.24) is 0 Å². The highest BCUT2D eigenvalue weighted by molar-refractivity contribution is 6.76. The molecule has 1 unspecified atom stereocenters. The second-order valence-electron chi connectivity index (χ2n) is 7.52. The van der Waals surface area contributed by atoms with E-state index in [4.69, 9.17) is 92.8 Å². The third kappa shape index (κ3) is 8.26. The first-order valence-electron chi connectivity index (χ1n) is 9.92.